The molecule has 0 N–H and O–H groups in total. The van der Waals surface area contributed by atoms with E-state index in [1.54, 1.807) is 12.1 Å². The van der Waals surface area contributed by atoms with Crippen molar-refractivity contribution in [1.82, 2.24) is 4.98 Å². The van der Waals surface area contributed by atoms with E-state index in [0.29, 0.717) is 15.7 Å². The summed E-state index contributed by atoms with van der Waals surface area (Å²) < 4.78 is 0. The number of hydrogen-bond acceptors (Lipinski definition) is 2. The smallest absolute Gasteiger partial charge is 0.172 e. The van der Waals surface area contributed by atoms with Gasteiger partial charge in [0.25, 0.3) is 0 Å². The summed E-state index contributed by atoms with van der Waals surface area (Å²) in [5.74, 6) is -0.0947. The Labute approximate surface area is 121 Å². The lowest BCUT2D eigenvalue weighted by Crippen LogP contribution is -2.22. The summed E-state index contributed by atoms with van der Waals surface area (Å²) in [5.41, 5.74) is 2.36. The Morgan fingerprint density at radius 1 is 1.11 bits per heavy atom. The lowest BCUT2D eigenvalue weighted by atomic mass is 9.81. The minimum Gasteiger partial charge on any atom is -0.293 e. The minimum absolute atomic E-state index is 0.0820. The predicted molar refractivity (Wildman–Crippen MR) is 76.1 cm³/mol. The quantitative estimate of drug-likeness (QED) is 0.733. The van der Waals surface area contributed by atoms with E-state index in [0.717, 1.165) is 24.1 Å². The molecule has 1 atom stereocenters. The average molecular weight is 292 g/mol. The van der Waals surface area contributed by atoms with Crippen LogP contribution in [0, 0.1) is 0 Å². The molecule has 1 aliphatic rings. The molecule has 19 heavy (non-hydrogen) atoms. The Hall–Kier alpha value is -1.38. The third-order valence-electron chi connectivity index (χ3n) is 3.47. The number of ketones is 1. The van der Waals surface area contributed by atoms with Gasteiger partial charge in [0.15, 0.2) is 5.78 Å². The number of Topliss-reactive ketones (excluding diaryl/α,β-unsaturated/α-hetero) is 1. The maximum absolute atomic E-state index is 12.5. The maximum atomic E-state index is 12.5. The summed E-state index contributed by atoms with van der Waals surface area (Å²) in [6, 6.07) is 10.9. The highest BCUT2D eigenvalue weighted by molar-refractivity contribution is 6.32. The molecule has 0 saturated carbocycles. The van der Waals surface area contributed by atoms with Crippen LogP contribution in [0.4, 0.5) is 0 Å². The number of carbonyl (C=O) groups is 1. The molecule has 0 aliphatic heterocycles. The van der Waals surface area contributed by atoms with Gasteiger partial charge in [-0.05, 0) is 36.6 Å². The highest BCUT2D eigenvalue weighted by Crippen LogP contribution is 2.35. The molecular weight excluding hydrogens is 281 g/mol. The zero-order valence-corrected chi connectivity index (χ0v) is 11.6. The van der Waals surface area contributed by atoms with Crippen LogP contribution in [0.15, 0.2) is 36.4 Å². The van der Waals surface area contributed by atoms with Gasteiger partial charge in [-0.1, -0.05) is 41.4 Å². The highest BCUT2D eigenvalue weighted by Gasteiger charge is 2.30. The van der Waals surface area contributed by atoms with Gasteiger partial charge in [0.05, 0.1) is 5.69 Å². The van der Waals surface area contributed by atoms with Crippen LogP contribution < -0.4 is 0 Å². The van der Waals surface area contributed by atoms with Crippen molar-refractivity contribution < 1.29 is 4.79 Å². The fourth-order valence-corrected chi connectivity index (χ4v) is 2.98. The van der Waals surface area contributed by atoms with Gasteiger partial charge in [-0.15, -0.1) is 0 Å². The second-order valence-corrected chi connectivity index (χ2v) is 5.40. The third kappa shape index (κ3) is 2.26. The van der Waals surface area contributed by atoms with Crippen molar-refractivity contribution >= 4 is 29.0 Å². The lowest BCUT2D eigenvalue weighted by Gasteiger charge is -2.23. The van der Waals surface area contributed by atoms with Gasteiger partial charge in [0, 0.05) is 16.5 Å². The topological polar surface area (TPSA) is 30.0 Å². The Bertz CT molecular complexity index is 654. The van der Waals surface area contributed by atoms with Crippen molar-refractivity contribution in [2.24, 2.45) is 0 Å². The largest absolute Gasteiger partial charge is 0.293 e. The fraction of sp³-hybridized carbons (Fsp3) is 0.200. The van der Waals surface area contributed by atoms with Gasteiger partial charge < -0.3 is 0 Å². The van der Waals surface area contributed by atoms with Crippen molar-refractivity contribution in [1.29, 1.82) is 0 Å². The van der Waals surface area contributed by atoms with Crippen molar-refractivity contribution in [2.75, 3.05) is 0 Å². The summed E-state index contributed by atoms with van der Waals surface area (Å²) in [4.78, 5) is 16.8. The van der Waals surface area contributed by atoms with E-state index in [2.05, 4.69) is 4.98 Å². The van der Waals surface area contributed by atoms with E-state index in [1.807, 2.05) is 24.3 Å². The minimum atomic E-state index is -0.177. The first-order valence-electron chi connectivity index (χ1n) is 6.11. The van der Waals surface area contributed by atoms with Crippen LogP contribution >= 0.6 is 23.2 Å². The van der Waals surface area contributed by atoms with Gasteiger partial charge in [0.1, 0.15) is 5.15 Å². The molecule has 1 aromatic heterocycles. The van der Waals surface area contributed by atoms with Crippen molar-refractivity contribution in [3.63, 3.8) is 0 Å². The first-order chi connectivity index (χ1) is 9.16. The number of fused-ring (bicyclic) bond motifs is 1. The standard InChI is InChI=1S/C15H11Cl2NO/c16-12-4-2-1-3-9(12)10-5-7-13-11(15(10)19)6-8-14(17)18-13/h1-4,6,8,10H,5,7H2. The maximum Gasteiger partial charge on any atom is 0.172 e. The molecular formula is C15H11Cl2NO. The van der Waals surface area contributed by atoms with E-state index in [1.165, 1.54) is 0 Å². The van der Waals surface area contributed by atoms with E-state index in [-0.39, 0.29) is 11.7 Å². The van der Waals surface area contributed by atoms with Crippen LogP contribution in [0.5, 0.6) is 0 Å². The lowest BCUT2D eigenvalue weighted by molar-refractivity contribution is 0.0945. The van der Waals surface area contributed by atoms with Crippen molar-refractivity contribution in [3.8, 4) is 0 Å². The van der Waals surface area contributed by atoms with Crippen LogP contribution in [0.25, 0.3) is 0 Å². The predicted octanol–water partition coefficient (Wildman–Crippen LogP) is 4.30. The van der Waals surface area contributed by atoms with E-state index in [4.69, 9.17) is 23.2 Å². The Morgan fingerprint density at radius 2 is 1.89 bits per heavy atom. The fourth-order valence-electron chi connectivity index (χ4n) is 2.54. The summed E-state index contributed by atoms with van der Waals surface area (Å²) >= 11 is 12.0. The normalized spacial score (nSPS) is 18.2. The van der Waals surface area contributed by atoms with Gasteiger partial charge >= 0.3 is 0 Å². The molecule has 1 aliphatic carbocycles. The molecule has 0 spiro atoms. The molecule has 3 rings (SSSR count). The number of aromatic nitrogens is 1. The van der Waals surface area contributed by atoms with E-state index < -0.39 is 0 Å². The molecule has 2 nitrogen and oxygen atoms in total. The summed E-state index contributed by atoms with van der Waals surface area (Å²) in [7, 11) is 0. The SMILES string of the molecule is O=C1c2ccc(Cl)nc2CCC1c1ccccc1Cl. The first kappa shape index (κ1) is 12.6. The second kappa shape index (κ2) is 4.95. The molecule has 1 aromatic carbocycles. The summed E-state index contributed by atoms with van der Waals surface area (Å²) in [5, 5.41) is 1.08. The number of carbonyl (C=O) groups excluding carboxylic acids is 1. The summed E-state index contributed by atoms with van der Waals surface area (Å²) in [6.07, 6.45) is 1.47. The van der Waals surface area contributed by atoms with Crippen LogP contribution in [-0.4, -0.2) is 10.8 Å². The molecule has 1 unspecified atom stereocenters. The molecule has 2 aromatic rings. The average Bonchev–Trinajstić information content (AvgIpc) is 2.40. The number of hydrogen-bond donors (Lipinski definition) is 0. The Kier molecular flexibility index (Phi) is 3.29. The Morgan fingerprint density at radius 3 is 2.68 bits per heavy atom. The van der Waals surface area contributed by atoms with E-state index in [9.17, 15) is 4.79 Å². The molecule has 0 bridgehead atoms. The third-order valence-corrected chi connectivity index (χ3v) is 4.03. The first-order valence-corrected chi connectivity index (χ1v) is 6.86. The highest BCUT2D eigenvalue weighted by atomic mass is 35.5. The molecule has 0 fully saturated rings. The van der Waals surface area contributed by atoms with E-state index >= 15 is 0 Å². The molecule has 0 amide bonds. The second-order valence-electron chi connectivity index (χ2n) is 4.61. The Balaban J connectivity index is 2.03. The van der Waals surface area contributed by atoms with Crippen LogP contribution in [-0.2, 0) is 6.42 Å². The van der Waals surface area contributed by atoms with Gasteiger partial charge in [-0.2, -0.15) is 0 Å². The van der Waals surface area contributed by atoms with Gasteiger partial charge in [-0.25, -0.2) is 4.98 Å². The molecule has 96 valence electrons. The number of aryl methyl sites for hydroxylation is 1. The number of halogens is 2. The molecule has 0 radical (unpaired) electrons. The van der Waals surface area contributed by atoms with Gasteiger partial charge in [-0.3, -0.25) is 4.79 Å². The molecule has 0 saturated heterocycles. The van der Waals surface area contributed by atoms with Crippen LogP contribution in [0.1, 0.15) is 34.0 Å². The zero-order valence-electron chi connectivity index (χ0n) is 10.1. The van der Waals surface area contributed by atoms with Crippen LogP contribution in [0.3, 0.4) is 0 Å². The monoisotopic (exact) mass is 291 g/mol. The number of nitrogens with zero attached hydrogens (tertiary/aromatic N) is 1. The van der Waals surface area contributed by atoms with Crippen molar-refractivity contribution in [3.05, 3.63) is 63.4 Å². The summed E-state index contributed by atoms with van der Waals surface area (Å²) in [6.45, 7) is 0. The zero-order chi connectivity index (χ0) is 13.4. The molecule has 1 heterocycles. The number of rotatable bonds is 1. The van der Waals surface area contributed by atoms with Gasteiger partial charge in [0.2, 0.25) is 0 Å². The molecule has 4 heteroatoms. The van der Waals surface area contributed by atoms with Crippen LogP contribution in [0.2, 0.25) is 10.2 Å². The number of benzene rings is 1. The number of pyridine rings is 1. The van der Waals surface area contributed by atoms with Crippen molar-refractivity contribution in [2.45, 2.75) is 18.8 Å².